The van der Waals surface area contributed by atoms with Crippen molar-refractivity contribution in [3.8, 4) is 0 Å². The average molecular weight is 236 g/mol. The maximum atomic E-state index is 13.2. The van der Waals surface area contributed by atoms with Crippen LogP contribution in [-0.2, 0) is 6.42 Å². The molecule has 1 saturated carbocycles. The van der Waals surface area contributed by atoms with Crippen molar-refractivity contribution < 1.29 is 4.39 Å². The highest BCUT2D eigenvalue weighted by molar-refractivity contribution is 5.17. The molecule has 17 heavy (non-hydrogen) atoms. The fraction of sp³-hybridized carbons (Fsp3) is 0.625. The van der Waals surface area contributed by atoms with E-state index in [1.165, 1.54) is 12.8 Å². The largest absolute Gasteiger partial charge is 0.207 e. The van der Waals surface area contributed by atoms with Crippen LogP contribution < -0.4 is 0 Å². The smallest absolute Gasteiger partial charge is 0.126 e. The van der Waals surface area contributed by atoms with Crippen LogP contribution in [0.5, 0.6) is 0 Å². The lowest BCUT2D eigenvalue weighted by molar-refractivity contribution is 0.506. The Morgan fingerprint density at radius 1 is 1.18 bits per heavy atom. The van der Waals surface area contributed by atoms with E-state index in [4.69, 9.17) is 0 Å². The van der Waals surface area contributed by atoms with Crippen molar-refractivity contribution in [3.05, 3.63) is 35.6 Å². The van der Waals surface area contributed by atoms with E-state index >= 15 is 0 Å². The third kappa shape index (κ3) is 5.86. The Kier molecular flexibility index (Phi) is 5.17. The molecule has 96 valence electrons. The van der Waals surface area contributed by atoms with E-state index in [0.717, 1.165) is 24.3 Å². The van der Waals surface area contributed by atoms with Gasteiger partial charge < -0.3 is 0 Å². The molecule has 0 unspecified atom stereocenters. The van der Waals surface area contributed by atoms with Crippen LogP contribution >= 0.6 is 0 Å². The molecule has 0 radical (unpaired) electrons. The number of hydrogen-bond donors (Lipinski definition) is 0. The molecule has 0 aliphatic heterocycles. The van der Waals surface area contributed by atoms with Gasteiger partial charge in [0, 0.05) is 0 Å². The summed E-state index contributed by atoms with van der Waals surface area (Å²) in [6.45, 7) is 8.79. The maximum absolute atomic E-state index is 13.2. The number of halogens is 1. The minimum Gasteiger partial charge on any atom is -0.207 e. The van der Waals surface area contributed by atoms with E-state index in [2.05, 4.69) is 27.7 Å². The summed E-state index contributed by atoms with van der Waals surface area (Å²) < 4.78 is 13.2. The monoisotopic (exact) mass is 236 g/mol. The molecular weight excluding hydrogens is 211 g/mol. The fourth-order valence-corrected chi connectivity index (χ4v) is 1.60. The van der Waals surface area contributed by atoms with Crippen LogP contribution in [0, 0.1) is 17.2 Å². The third-order valence-electron chi connectivity index (χ3n) is 3.06. The van der Waals surface area contributed by atoms with Crippen molar-refractivity contribution in [1.82, 2.24) is 0 Å². The average Bonchev–Trinajstić information content (AvgIpc) is 2.95. The highest BCUT2D eigenvalue weighted by Gasteiger charge is 2.36. The first-order valence-electron chi connectivity index (χ1n) is 6.66. The van der Waals surface area contributed by atoms with Crippen LogP contribution in [0.2, 0.25) is 0 Å². The zero-order valence-electron chi connectivity index (χ0n) is 11.6. The van der Waals surface area contributed by atoms with Gasteiger partial charge in [-0.3, -0.25) is 0 Å². The summed E-state index contributed by atoms with van der Waals surface area (Å²) in [4.78, 5) is 0. The van der Waals surface area contributed by atoms with Gasteiger partial charge in [-0.2, -0.15) is 0 Å². The highest BCUT2D eigenvalue weighted by atomic mass is 19.1. The van der Waals surface area contributed by atoms with Crippen molar-refractivity contribution in [2.75, 3.05) is 0 Å². The van der Waals surface area contributed by atoms with Gasteiger partial charge in [-0.15, -0.1) is 0 Å². The lowest BCUT2D eigenvalue weighted by atomic mass is 9.99. The third-order valence-corrected chi connectivity index (χ3v) is 3.06. The van der Waals surface area contributed by atoms with Crippen molar-refractivity contribution in [3.63, 3.8) is 0 Å². The fourth-order valence-electron chi connectivity index (χ4n) is 1.60. The van der Waals surface area contributed by atoms with Crippen LogP contribution in [0.4, 0.5) is 4.39 Å². The Morgan fingerprint density at radius 3 is 2.18 bits per heavy atom. The summed E-state index contributed by atoms with van der Waals surface area (Å²) in [5, 5.41) is 0. The molecule has 0 heterocycles. The lowest BCUT2D eigenvalue weighted by Gasteiger charge is -2.07. The van der Waals surface area contributed by atoms with Crippen LogP contribution in [0.15, 0.2) is 24.3 Å². The predicted molar refractivity (Wildman–Crippen MR) is 72.6 cm³/mol. The first kappa shape index (κ1) is 14.2. The number of rotatable bonds is 3. The Morgan fingerprint density at radius 2 is 1.71 bits per heavy atom. The van der Waals surface area contributed by atoms with Gasteiger partial charge in [-0.05, 0) is 48.6 Å². The second-order valence-corrected chi connectivity index (χ2v) is 6.13. The topological polar surface area (TPSA) is 0 Å². The highest BCUT2D eigenvalue weighted by Crippen LogP contribution is 2.48. The van der Waals surface area contributed by atoms with Gasteiger partial charge in [0.25, 0.3) is 0 Å². The van der Waals surface area contributed by atoms with Gasteiger partial charge in [0.2, 0.25) is 0 Å². The summed E-state index contributed by atoms with van der Waals surface area (Å²) in [6.07, 6.45) is 4.67. The van der Waals surface area contributed by atoms with Gasteiger partial charge in [-0.1, -0.05) is 45.9 Å². The molecule has 1 aliphatic carbocycles. The lowest BCUT2D eigenvalue weighted by Crippen LogP contribution is -1.98. The van der Waals surface area contributed by atoms with E-state index in [9.17, 15) is 4.39 Å². The molecule has 1 fully saturated rings. The van der Waals surface area contributed by atoms with Crippen molar-refractivity contribution >= 4 is 0 Å². The molecule has 0 N–H and O–H groups in total. The van der Waals surface area contributed by atoms with E-state index in [1.54, 1.807) is 12.1 Å². The van der Waals surface area contributed by atoms with Crippen LogP contribution in [-0.4, -0.2) is 0 Å². The second kappa shape index (κ2) is 6.18. The first-order valence-corrected chi connectivity index (χ1v) is 6.66. The Balaban J connectivity index is 0.000000317. The normalized spacial score (nSPS) is 16.4. The number of aryl methyl sites for hydroxylation is 1. The number of hydrogen-bond acceptors (Lipinski definition) is 0. The van der Waals surface area contributed by atoms with E-state index < -0.39 is 0 Å². The minimum absolute atomic E-state index is 0.0493. The van der Waals surface area contributed by atoms with Crippen molar-refractivity contribution in [1.29, 1.82) is 0 Å². The first-order chi connectivity index (χ1) is 7.93. The molecule has 0 saturated heterocycles. The van der Waals surface area contributed by atoms with Gasteiger partial charge >= 0.3 is 0 Å². The SMILES string of the molecule is CC(C)C.CC1(CCc2ccccc2F)CC1. The molecule has 0 atom stereocenters. The summed E-state index contributed by atoms with van der Waals surface area (Å²) in [5.41, 5.74) is 1.40. The standard InChI is InChI=1S/C12H15F.C4H10/c1-12(8-9-12)7-6-10-4-2-3-5-11(10)13;1-4(2)3/h2-5H,6-9H2,1H3;4H,1-3H3. The Labute approximate surface area is 105 Å². The van der Waals surface area contributed by atoms with E-state index in [1.807, 2.05) is 12.1 Å². The summed E-state index contributed by atoms with van der Waals surface area (Å²) in [5.74, 6) is 0.784. The van der Waals surface area contributed by atoms with Crippen molar-refractivity contribution in [2.45, 2.75) is 53.4 Å². The Bertz CT molecular complexity index is 334. The van der Waals surface area contributed by atoms with Crippen LogP contribution in [0.1, 0.15) is 52.5 Å². The van der Waals surface area contributed by atoms with Crippen molar-refractivity contribution in [2.24, 2.45) is 11.3 Å². The second-order valence-electron chi connectivity index (χ2n) is 6.13. The molecule has 1 heteroatoms. The summed E-state index contributed by atoms with van der Waals surface area (Å²) in [6, 6.07) is 7.09. The summed E-state index contributed by atoms with van der Waals surface area (Å²) in [7, 11) is 0. The van der Waals surface area contributed by atoms with Crippen LogP contribution in [0.25, 0.3) is 0 Å². The molecule has 0 spiro atoms. The van der Waals surface area contributed by atoms with Gasteiger partial charge in [-0.25, -0.2) is 4.39 Å². The number of benzene rings is 1. The quantitative estimate of drug-likeness (QED) is 0.675. The summed E-state index contributed by atoms with van der Waals surface area (Å²) >= 11 is 0. The van der Waals surface area contributed by atoms with E-state index in [0.29, 0.717) is 5.41 Å². The molecule has 0 nitrogen and oxygen atoms in total. The van der Waals surface area contributed by atoms with Gasteiger partial charge in [0.05, 0.1) is 0 Å². The van der Waals surface area contributed by atoms with Gasteiger partial charge in [0.1, 0.15) is 5.82 Å². The molecule has 2 rings (SSSR count). The Hall–Kier alpha value is -0.850. The van der Waals surface area contributed by atoms with E-state index in [-0.39, 0.29) is 5.82 Å². The predicted octanol–water partition coefficient (Wildman–Crippen LogP) is 5.22. The molecule has 0 bridgehead atoms. The molecule has 1 aromatic rings. The van der Waals surface area contributed by atoms with Gasteiger partial charge in [0.15, 0.2) is 0 Å². The van der Waals surface area contributed by atoms with Crippen LogP contribution in [0.3, 0.4) is 0 Å². The molecule has 0 aromatic heterocycles. The zero-order valence-corrected chi connectivity index (χ0v) is 11.6. The molecule has 0 amide bonds. The minimum atomic E-state index is -0.0493. The molecular formula is C16H25F. The molecule has 1 aliphatic rings. The molecule has 1 aromatic carbocycles. The maximum Gasteiger partial charge on any atom is 0.126 e. The zero-order chi connectivity index (χ0) is 12.9.